The van der Waals surface area contributed by atoms with Crippen molar-refractivity contribution >= 4 is 44.5 Å². The molecular weight excluding hydrogens is 327 g/mol. The highest BCUT2D eigenvalue weighted by Gasteiger charge is 2.07. The van der Waals surface area contributed by atoms with E-state index in [0.29, 0.717) is 10.7 Å². The third kappa shape index (κ3) is 3.52. The van der Waals surface area contributed by atoms with Gasteiger partial charge in [0, 0.05) is 21.4 Å². The van der Waals surface area contributed by atoms with E-state index in [1.165, 1.54) is 12.1 Å². The van der Waals surface area contributed by atoms with Crippen molar-refractivity contribution in [3.8, 4) is 0 Å². The van der Waals surface area contributed by atoms with Crippen LogP contribution in [0, 0.1) is 12.7 Å². The van der Waals surface area contributed by atoms with Gasteiger partial charge in [0.05, 0.1) is 0 Å². The fourth-order valence-corrected chi connectivity index (χ4v) is 2.34. The standard InChI is InChI=1S/C14H12BrFN2S/c1-8-4-10(16)7-11(5-8)18-13-6-9(15)2-3-12(13)14(17)19/h2-7,18H,1H3,(H2,17,19). The summed E-state index contributed by atoms with van der Waals surface area (Å²) in [6.45, 7) is 1.84. The van der Waals surface area contributed by atoms with Gasteiger partial charge in [0.15, 0.2) is 0 Å². The molecule has 0 aliphatic carbocycles. The quantitative estimate of drug-likeness (QED) is 0.820. The van der Waals surface area contributed by atoms with Crippen molar-refractivity contribution in [2.45, 2.75) is 6.92 Å². The highest BCUT2D eigenvalue weighted by Crippen LogP contribution is 2.26. The zero-order valence-corrected chi connectivity index (χ0v) is 12.6. The van der Waals surface area contributed by atoms with Gasteiger partial charge in [0.2, 0.25) is 0 Å². The van der Waals surface area contributed by atoms with Gasteiger partial charge in [0.25, 0.3) is 0 Å². The summed E-state index contributed by atoms with van der Waals surface area (Å²) in [4.78, 5) is 0.295. The molecule has 0 radical (unpaired) electrons. The smallest absolute Gasteiger partial charge is 0.125 e. The second kappa shape index (κ2) is 5.67. The lowest BCUT2D eigenvalue weighted by Crippen LogP contribution is -2.11. The lowest BCUT2D eigenvalue weighted by atomic mass is 10.1. The average Bonchev–Trinajstić information content (AvgIpc) is 2.26. The number of nitrogens with one attached hydrogen (secondary N) is 1. The van der Waals surface area contributed by atoms with E-state index in [2.05, 4.69) is 21.2 Å². The SMILES string of the molecule is Cc1cc(F)cc(Nc2cc(Br)ccc2C(N)=S)c1. The van der Waals surface area contributed by atoms with Crippen molar-refractivity contribution in [1.29, 1.82) is 0 Å². The molecule has 3 N–H and O–H groups in total. The van der Waals surface area contributed by atoms with Crippen LogP contribution in [0.2, 0.25) is 0 Å². The number of rotatable bonds is 3. The zero-order chi connectivity index (χ0) is 14.0. The Balaban J connectivity index is 2.42. The third-order valence-electron chi connectivity index (χ3n) is 2.57. The van der Waals surface area contributed by atoms with Gasteiger partial charge in [-0.25, -0.2) is 4.39 Å². The van der Waals surface area contributed by atoms with Gasteiger partial charge in [-0.15, -0.1) is 0 Å². The van der Waals surface area contributed by atoms with Crippen LogP contribution in [0.3, 0.4) is 0 Å². The highest BCUT2D eigenvalue weighted by atomic mass is 79.9. The Morgan fingerprint density at radius 1 is 1.26 bits per heavy atom. The van der Waals surface area contributed by atoms with E-state index < -0.39 is 0 Å². The van der Waals surface area contributed by atoms with Crippen LogP contribution in [0.15, 0.2) is 40.9 Å². The summed E-state index contributed by atoms with van der Waals surface area (Å²) in [5.74, 6) is -0.283. The predicted octanol–water partition coefficient (Wildman–Crippen LogP) is 4.27. The van der Waals surface area contributed by atoms with Crippen LogP contribution in [0.1, 0.15) is 11.1 Å². The monoisotopic (exact) mass is 338 g/mol. The molecule has 0 aliphatic rings. The van der Waals surface area contributed by atoms with Crippen LogP contribution < -0.4 is 11.1 Å². The normalized spacial score (nSPS) is 10.3. The lowest BCUT2D eigenvalue weighted by molar-refractivity contribution is 0.627. The number of aryl methyl sites for hydroxylation is 1. The van der Waals surface area contributed by atoms with Gasteiger partial charge in [-0.1, -0.05) is 28.1 Å². The molecule has 5 heteroatoms. The Labute approximate surface area is 124 Å². The van der Waals surface area contributed by atoms with Gasteiger partial charge < -0.3 is 11.1 Å². The maximum atomic E-state index is 13.4. The van der Waals surface area contributed by atoms with Crippen LogP contribution in [0.5, 0.6) is 0 Å². The Morgan fingerprint density at radius 2 is 2.00 bits per heavy atom. The Bertz CT molecular complexity index is 623. The topological polar surface area (TPSA) is 38.0 Å². The molecule has 2 aromatic carbocycles. The van der Waals surface area contributed by atoms with Crippen molar-refractivity contribution < 1.29 is 4.39 Å². The van der Waals surface area contributed by atoms with E-state index in [1.54, 1.807) is 0 Å². The second-order valence-corrected chi connectivity index (χ2v) is 5.55. The van der Waals surface area contributed by atoms with Gasteiger partial charge in [-0.05, 0) is 48.9 Å². The maximum Gasteiger partial charge on any atom is 0.125 e. The van der Waals surface area contributed by atoms with Crippen LogP contribution in [-0.4, -0.2) is 4.99 Å². The molecule has 0 atom stereocenters. The first-order valence-electron chi connectivity index (χ1n) is 5.59. The largest absolute Gasteiger partial charge is 0.389 e. The number of hydrogen-bond acceptors (Lipinski definition) is 2. The number of anilines is 2. The molecule has 0 aromatic heterocycles. The highest BCUT2D eigenvalue weighted by molar-refractivity contribution is 9.10. The number of nitrogens with two attached hydrogens (primary N) is 1. The average molecular weight is 339 g/mol. The van der Waals surface area contributed by atoms with Crippen molar-refractivity contribution in [3.63, 3.8) is 0 Å². The van der Waals surface area contributed by atoms with E-state index in [4.69, 9.17) is 18.0 Å². The van der Waals surface area contributed by atoms with Crippen molar-refractivity contribution in [1.82, 2.24) is 0 Å². The van der Waals surface area contributed by atoms with Crippen LogP contribution >= 0.6 is 28.1 Å². The van der Waals surface area contributed by atoms with Crippen LogP contribution in [0.25, 0.3) is 0 Å². The van der Waals surface area contributed by atoms with Gasteiger partial charge in [0.1, 0.15) is 10.8 Å². The first kappa shape index (κ1) is 14.0. The van der Waals surface area contributed by atoms with Crippen molar-refractivity contribution in [3.05, 3.63) is 57.8 Å². The molecule has 98 valence electrons. The molecule has 0 amide bonds. The number of benzene rings is 2. The van der Waals surface area contributed by atoms with Crippen molar-refractivity contribution in [2.24, 2.45) is 5.73 Å². The predicted molar refractivity (Wildman–Crippen MR) is 84.4 cm³/mol. The maximum absolute atomic E-state index is 13.4. The molecule has 0 aliphatic heterocycles. The molecule has 2 aromatic rings. The van der Waals surface area contributed by atoms with Gasteiger partial charge in [-0.2, -0.15) is 0 Å². The van der Waals surface area contributed by atoms with Crippen LogP contribution in [-0.2, 0) is 0 Å². The molecule has 0 saturated carbocycles. The minimum Gasteiger partial charge on any atom is -0.389 e. The number of thiocarbonyl (C=S) groups is 1. The van der Waals surface area contributed by atoms with E-state index in [1.807, 2.05) is 31.2 Å². The van der Waals surface area contributed by atoms with Crippen LogP contribution in [0.4, 0.5) is 15.8 Å². The Hall–Kier alpha value is -1.46. The summed E-state index contributed by atoms with van der Waals surface area (Å²) in [5, 5.41) is 3.14. The Morgan fingerprint density at radius 3 is 2.63 bits per heavy atom. The summed E-state index contributed by atoms with van der Waals surface area (Å²) in [5.41, 5.74) is 8.65. The second-order valence-electron chi connectivity index (χ2n) is 4.20. The first-order valence-corrected chi connectivity index (χ1v) is 6.79. The molecule has 2 nitrogen and oxygen atoms in total. The van der Waals surface area contributed by atoms with E-state index in [9.17, 15) is 4.39 Å². The minimum atomic E-state index is -0.283. The number of halogens is 2. The fourth-order valence-electron chi connectivity index (χ4n) is 1.80. The lowest BCUT2D eigenvalue weighted by Gasteiger charge is -2.12. The summed E-state index contributed by atoms with van der Waals surface area (Å²) >= 11 is 8.40. The molecule has 2 rings (SSSR count). The molecule has 0 bridgehead atoms. The molecule has 0 spiro atoms. The Kier molecular flexibility index (Phi) is 4.17. The van der Waals surface area contributed by atoms with Crippen molar-refractivity contribution in [2.75, 3.05) is 5.32 Å². The molecular formula is C14H12BrFN2S. The summed E-state index contributed by atoms with van der Waals surface area (Å²) in [7, 11) is 0. The van der Waals surface area contributed by atoms with E-state index in [0.717, 1.165) is 21.3 Å². The fraction of sp³-hybridized carbons (Fsp3) is 0.0714. The summed E-state index contributed by atoms with van der Waals surface area (Å²) < 4.78 is 14.3. The van der Waals surface area contributed by atoms with Gasteiger partial charge in [-0.3, -0.25) is 0 Å². The van der Waals surface area contributed by atoms with Gasteiger partial charge >= 0.3 is 0 Å². The molecule has 0 saturated heterocycles. The van der Waals surface area contributed by atoms with E-state index >= 15 is 0 Å². The summed E-state index contributed by atoms with van der Waals surface area (Å²) in [6, 6.07) is 10.3. The molecule has 0 fully saturated rings. The molecule has 0 unspecified atom stereocenters. The minimum absolute atomic E-state index is 0.283. The third-order valence-corrected chi connectivity index (χ3v) is 3.28. The zero-order valence-electron chi connectivity index (χ0n) is 10.2. The first-order chi connectivity index (χ1) is 8.95. The molecule has 19 heavy (non-hydrogen) atoms. The van der Waals surface area contributed by atoms with E-state index in [-0.39, 0.29) is 5.82 Å². The molecule has 0 heterocycles. The number of hydrogen-bond donors (Lipinski definition) is 2. The summed E-state index contributed by atoms with van der Waals surface area (Å²) in [6.07, 6.45) is 0.